The molecule has 8 nitrogen and oxygen atoms in total. The van der Waals surface area contributed by atoms with Crippen molar-refractivity contribution < 1.29 is 19.0 Å². The summed E-state index contributed by atoms with van der Waals surface area (Å²) in [6.45, 7) is 0.0143. The van der Waals surface area contributed by atoms with Crippen molar-refractivity contribution in [2.45, 2.75) is 31.8 Å². The van der Waals surface area contributed by atoms with E-state index in [1.165, 1.54) is 12.8 Å². The van der Waals surface area contributed by atoms with Crippen LogP contribution in [-0.2, 0) is 9.53 Å². The Morgan fingerprint density at radius 2 is 2.08 bits per heavy atom. The highest BCUT2D eigenvalue weighted by Crippen LogP contribution is 2.31. The van der Waals surface area contributed by atoms with Crippen LogP contribution in [0.4, 0.5) is 5.95 Å². The Balaban J connectivity index is 1.63. The van der Waals surface area contributed by atoms with E-state index in [4.69, 9.17) is 14.2 Å². The van der Waals surface area contributed by atoms with Gasteiger partial charge >= 0.3 is 0 Å². The number of rotatable bonds is 7. The first-order chi connectivity index (χ1) is 12.2. The first kappa shape index (κ1) is 17.2. The Morgan fingerprint density at radius 1 is 1.28 bits per heavy atom. The van der Waals surface area contributed by atoms with Crippen LogP contribution in [0.3, 0.4) is 0 Å². The number of benzene rings is 1. The number of methoxy groups -OCH3 is 2. The van der Waals surface area contributed by atoms with E-state index in [0.717, 1.165) is 18.4 Å². The third-order valence-electron chi connectivity index (χ3n) is 4.15. The fourth-order valence-electron chi connectivity index (χ4n) is 2.84. The molecule has 1 aliphatic rings. The van der Waals surface area contributed by atoms with Gasteiger partial charge in [0.2, 0.25) is 5.95 Å². The van der Waals surface area contributed by atoms with Gasteiger partial charge in [0.25, 0.3) is 5.91 Å². The number of ether oxygens (including phenoxy) is 3. The van der Waals surface area contributed by atoms with E-state index in [-0.39, 0.29) is 24.6 Å². The lowest BCUT2D eigenvalue weighted by Crippen LogP contribution is -2.22. The maximum Gasteiger partial charge on any atom is 0.252 e. The van der Waals surface area contributed by atoms with E-state index in [1.807, 2.05) is 6.07 Å². The summed E-state index contributed by atoms with van der Waals surface area (Å²) in [6, 6.07) is 5.37. The number of carbonyl (C=O) groups excluding carboxylic acids is 1. The number of nitrogens with zero attached hydrogens (tertiary/aromatic N) is 2. The Labute approximate surface area is 145 Å². The lowest BCUT2D eigenvalue weighted by atomic mass is 10.2. The van der Waals surface area contributed by atoms with Crippen LogP contribution in [0, 0.1) is 0 Å². The zero-order valence-electron chi connectivity index (χ0n) is 14.4. The van der Waals surface area contributed by atoms with Crippen LogP contribution < -0.4 is 14.8 Å². The summed E-state index contributed by atoms with van der Waals surface area (Å²) in [6.07, 6.45) is 4.57. The molecule has 1 saturated carbocycles. The van der Waals surface area contributed by atoms with Gasteiger partial charge in [0.05, 0.1) is 25.9 Å². The number of carbonyl (C=O) groups is 1. The van der Waals surface area contributed by atoms with Crippen molar-refractivity contribution in [1.82, 2.24) is 15.2 Å². The van der Waals surface area contributed by atoms with E-state index in [0.29, 0.717) is 17.3 Å². The zero-order valence-corrected chi connectivity index (χ0v) is 14.4. The second-order valence-electron chi connectivity index (χ2n) is 5.84. The first-order valence-electron chi connectivity index (χ1n) is 8.26. The minimum absolute atomic E-state index is 0.0143. The summed E-state index contributed by atoms with van der Waals surface area (Å²) >= 11 is 0. The molecule has 25 heavy (non-hydrogen) atoms. The predicted octanol–water partition coefficient (Wildman–Crippen LogP) is 2.39. The van der Waals surface area contributed by atoms with Gasteiger partial charge in [0, 0.05) is 6.07 Å². The summed E-state index contributed by atoms with van der Waals surface area (Å²) in [7, 11) is 3.15. The molecule has 1 aromatic heterocycles. The van der Waals surface area contributed by atoms with Crippen LogP contribution in [0.15, 0.2) is 18.2 Å². The summed E-state index contributed by atoms with van der Waals surface area (Å²) in [5.74, 6) is 1.70. The van der Waals surface area contributed by atoms with Gasteiger partial charge < -0.3 is 14.2 Å². The monoisotopic (exact) mass is 346 g/mol. The summed E-state index contributed by atoms with van der Waals surface area (Å²) in [4.78, 5) is 16.2. The van der Waals surface area contributed by atoms with Crippen molar-refractivity contribution in [3.05, 3.63) is 18.2 Å². The molecule has 0 unspecified atom stereocenters. The van der Waals surface area contributed by atoms with Gasteiger partial charge in [-0.25, -0.2) is 0 Å². The third kappa shape index (κ3) is 4.27. The van der Waals surface area contributed by atoms with Crippen molar-refractivity contribution in [1.29, 1.82) is 0 Å². The van der Waals surface area contributed by atoms with Crippen LogP contribution >= 0.6 is 0 Å². The molecule has 0 aliphatic heterocycles. The Kier molecular flexibility index (Phi) is 5.49. The standard InChI is InChI=1S/C17H22N4O4/c1-23-12-7-8-13(14(9-12)24-2)16-19-17(21-20-16)18-15(22)10-25-11-5-3-4-6-11/h7-9,11H,3-6,10H2,1-2H3,(H2,18,19,20,21,22). The highest BCUT2D eigenvalue weighted by molar-refractivity contribution is 5.90. The molecule has 1 aliphatic carbocycles. The number of hydrogen-bond acceptors (Lipinski definition) is 6. The third-order valence-corrected chi connectivity index (χ3v) is 4.15. The highest BCUT2D eigenvalue weighted by Gasteiger charge is 2.18. The molecule has 8 heteroatoms. The topological polar surface area (TPSA) is 98.4 Å². The molecule has 1 fully saturated rings. The highest BCUT2D eigenvalue weighted by atomic mass is 16.5. The number of hydrogen-bond donors (Lipinski definition) is 2. The molecular formula is C17H22N4O4. The van der Waals surface area contributed by atoms with Gasteiger partial charge in [-0.05, 0) is 25.0 Å². The lowest BCUT2D eigenvalue weighted by molar-refractivity contribution is -0.122. The maximum absolute atomic E-state index is 12.0. The van der Waals surface area contributed by atoms with E-state index in [9.17, 15) is 4.79 Å². The van der Waals surface area contributed by atoms with E-state index >= 15 is 0 Å². The van der Waals surface area contributed by atoms with Crippen LogP contribution in [-0.4, -0.2) is 48.0 Å². The molecule has 0 saturated heterocycles. The zero-order chi connectivity index (χ0) is 17.6. The lowest BCUT2D eigenvalue weighted by Gasteiger charge is -2.09. The number of aromatic amines is 1. The SMILES string of the molecule is COc1ccc(-c2nc(NC(=O)COC3CCCC3)n[nH]2)c(OC)c1. The van der Waals surface area contributed by atoms with Gasteiger partial charge in [0.1, 0.15) is 18.1 Å². The average molecular weight is 346 g/mol. The molecule has 1 heterocycles. The van der Waals surface area contributed by atoms with Crippen molar-refractivity contribution in [2.24, 2.45) is 0 Å². The Hall–Kier alpha value is -2.61. The second-order valence-corrected chi connectivity index (χ2v) is 5.84. The molecule has 2 aromatic rings. The summed E-state index contributed by atoms with van der Waals surface area (Å²) in [5.41, 5.74) is 0.721. The molecule has 1 amide bonds. The molecule has 3 rings (SSSR count). The minimum atomic E-state index is -0.265. The maximum atomic E-state index is 12.0. The van der Waals surface area contributed by atoms with Gasteiger partial charge in [-0.1, -0.05) is 12.8 Å². The van der Waals surface area contributed by atoms with Crippen LogP contribution in [0.1, 0.15) is 25.7 Å². The van der Waals surface area contributed by atoms with E-state index < -0.39 is 0 Å². The quantitative estimate of drug-likeness (QED) is 0.799. The fourth-order valence-corrected chi connectivity index (χ4v) is 2.84. The molecular weight excluding hydrogens is 324 g/mol. The Bertz CT molecular complexity index is 725. The number of amides is 1. The molecule has 0 spiro atoms. The Morgan fingerprint density at radius 3 is 2.80 bits per heavy atom. The molecule has 1 aromatic carbocycles. The average Bonchev–Trinajstić information content (AvgIpc) is 3.31. The number of H-pyrrole nitrogens is 1. The van der Waals surface area contributed by atoms with Crippen molar-refractivity contribution in [3.8, 4) is 22.9 Å². The first-order valence-corrected chi connectivity index (χ1v) is 8.26. The molecule has 0 atom stereocenters. The van der Waals surface area contributed by atoms with Gasteiger partial charge in [0.15, 0.2) is 5.82 Å². The smallest absolute Gasteiger partial charge is 0.252 e. The number of anilines is 1. The van der Waals surface area contributed by atoms with Gasteiger partial charge in [-0.2, -0.15) is 4.98 Å². The normalized spacial score (nSPS) is 14.5. The van der Waals surface area contributed by atoms with E-state index in [1.54, 1.807) is 26.4 Å². The predicted molar refractivity (Wildman–Crippen MR) is 91.8 cm³/mol. The minimum Gasteiger partial charge on any atom is -0.497 e. The van der Waals surface area contributed by atoms with E-state index in [2.05, 4.69) is 20.5 Å². The molecule has 0 radical (unpaired) electrons. The molecule has 0 bridgehead atoms. The largest absolute Gasteiger partial charge is 0.497 e. The van der Waals surface area contributed by atoms with Crippen molar-refractivity contribution in [3.63, 3.8) is 0 Å². The van der Waals surface area contributed by atoms with Crippen LogP contribution in [0.5, 0.6) is 11.5 Å². The summed E-state index contributed by atoms with van der Waals surface area (Å²) in [5, 5.41) is 9.45. The number of nitrogens with one attached hydrogen (secondary N) is 2. The molecule has 2 N–H and O–H groups in total. The second kappa shape index (κ2) is 7.98. The van der Waals surface area contributed by atoms with Gasteiger partial charge in [-0.3, -0.25) is 15.2 Å². The van der Waals surface area contributed by atoms with Crippen LogP contribution in [0.2, 0.25) is 0 Å². The van der Waals surface area contributed by atoms with Crippen LogP contribution in [0.25, 0.3) is 11.4 Å². The van der Waals surface area contributed by atoms with Gasteiger partial charge in [-0.15, -0.1) is 5.10 Å². The fraction of sp³-hybridized carbons (Fsp3) is 0.471. The molecule has 134 valence electrons. The van der Waals surface area contributed by atoms with Crippen molar-refractivity contribution >= 4 is 11.9 Å². The van der Waals surface area contributed by atoms with Crippen molar-refractivity contribution in [2.75, 3.05) is 26.1 Å². The number of aromatic nitrogens is 3. The summed E-state index contributed by atoms with van der Waals surface area (Å²) < 4.78 is 16.1.